The Kier molecular flexibility index (Phi) is 5.61. The van der Waals surface area contributed by atoms with E-state index in [9.17, 15) is 0 Å². The zero-order chi connectivity index (χ0) is 21.4. The first-order valence-electron chi connectivity index (χ1n) is 10.6. The molecule has 0 atom stereocenters. The van der Waals surface area contributed by atoms with Gasteiger partial charge in [0.1, 0.15) is 0 Å². The van der Waals surface area contributed by atoms with Crippen LogP contribution in [0.2, 0.25) is 10.0 Å². The van der Waals surface area contributed by atoms with Gasteiger partial charge in [-0.25, -0.2) is 4.68 Å². The fraction of sp³-hybridized carbons (Fsp3) is 0.240. The molecule has 0 spiro atoms. The average molecular weight is 451 g/mol. The van der Waals surface area contributed by atoms with E-state index in [-0.39, 0.29) is 0 Å². The van der Waals surface area contributed by atoms with Crippen molar-refractivity contribution in [2.24, 2.45) is 7.05 Å². The standard InChI is InChI=1S/C25H24Cl2N4/c1-30-16-18(23-14-20(27)6-8-25(23)30)5-7-22-15-24(17-9-11-28-12-10-17)29-31(22)21-4-2-3-19(26)13-21/h2-8,13-17,28H,9-12H2,1H3/b7-5+. The zero-order valence-electron chi connectivity index (χ0n) is 17.4. The molecule has 2 aromatic heterocycles. The van der Waals surface area contributed by atoms with Crippen molar-refractivity contribution in [1.82, 2.24) is 19.7 Å². The molecule has 0 saturated carbocycles. The first kappa shape index (κ1) is 20.4. The third kappa shape index (κ3) is 4.16. The van der Waals surface area contributed by atoms with Crippen LogP contribution in [0.15, 0.2) is 54.7 Å². The van der Waals surface area contributed by atoms with Crippen LogP contribution in [0.5, 0.6) is 0 Å². The number of aryl methyl sites for hydroxylation is 1. The van der Waals surface area contributed by atoms with Crippen LogP contribution >= 0.6 is 23.2 Å². The highest BCUT2D eigenvalue weighted by atomic mass is 35.5. The number of halogens is 2. The van der Waals surface area contributed by atoms with E-state index in [0.717, 1.165) is 64.5 Å². The molecule has 5 rings (SSSR count). The highest BCUT2D eigenvalue weighted by Crippen LogP contribution is 2.29. The summed E-state index contributed by atoms with van der Waals surface area (Å²) in [7, 11) is 2.05. The van der Waals surface area contributed by atoms with Gasteiger partial charge in [0.05, 0.1) is 17.1 Å². The normalized spacial score (nSPS) is 15.3. The predicted molar refractivity (Wildman–Crippen MR) is 130 cm³/mol. The second-order valence-corrected chi connectivity index (χ2v) is 8.97. The van der Waals surface area contributed by atoms with Gasteiger partial charge in [0, 0.05) is 45.7 Å². The molecule has 1 N–H and O–H groups in total. The Bertz CT molecular complexity index is 1260. The second-order valence-electron chi connectivity index (χ2n) is 8.10. The summed E-state index contributed by atoms with van der Waals surface area (Å²) in [5, 5.41) is 11.0. The number of hydrogen-bond acceptors (Lipinski definition) is 2. The Morgan fingerprint density at radius 2 is 1.81 bits per heavy atom. The molecule has 1 aliphatic rings. The largest absolute Gasteiger partial charge is 0.350 e. The SMILES string of the molecule is Cn1cc(/C=C/c2cc(C3CCNCC3)nn2-c2cccc(Cl)c2)c2cc(Cl)ccc21. The van der Waals surface area contributed by atoms with E-state index < -0.39 is 0 Å². The zero-order valence-corrected chi connectivity index (χ0v) is 18.9. The summed E-state index contributed by atoms with van der Waals surface area (Å²) in [5.74, 6) is 0.477. The summed E-state index contributed by atoms with van der Waals surface area (Å²) in [5.41, 5.74) is 5.43. The van der Waals surface area contributed by atoms with Crippen molar-refractivity contribution in [2.45, 2.75) is 18.8 Å². The smallest absolute Gasteiger partial charge is 0.0671 e. The molecule has 2 aromatic carbocycles. The molecular weight excluding hydrogens is 427 g/mol. The molecule has 6 heteroatoms. The summed E-state index contributed by atoms with van der Waals surface area (Å²) in [6.07, 6.45) is 8.62. The van der Waals surface area contributed by atoms with E-state index in [4.69, 9.17) is 28.3 Å². The number of rotatable bonds is 4. The fourth-order valence-corrected chi connectivity index (χ4v) is 4.72. The van der Waals surface area contributed by atoms with Crippen LogP contribution < -0.4 is 5.32 Å². The van der Waals surface area contributed by atoms with Gasteiger partial charge in [0.2, 0.25) is 0 Å². The summed E-state index contributed by atoms with van der Waals surface area (Å²) < 4.78 is 4.12. The van der Waals surface area contributed by atoms with E-state index in [1.54, 1.807) is 0 Å². The molecule has 0 radical (unpaired) electrons. The molecule has 4 aromatic rings. The summed E-state index contributed by atoms with van der Waals surface area (Å²) in [6.45, 7) is 2.08. The molecule has 1 saturated heterocycles. The molecule has 31 heavy (non-hydrogen) atoms. The lowest BCUT2D eigenvalue weighted by atomic mass is 9.94. The summed E-state index contributed by atoms with van der Waals surface area (Å²) in [4.78, 5) is 0. The van der Waals surface area contributed by atoms with Gasteiger partial charge in [-0.3, -0.25) is 0 Å². The number of piperidine rings is 1. The maximum absolute atomic E-state index is 6.28. The Labute approximate surface area is 192 Å². The van der Waals surface area contributed by atoms with E-state index in [1.165, 1.54) is 0 Å². The minimum Gasteiger partial charge on any atom is -0.350 e. The van der Waals surface area contributed by atoms with Crippen molar-refractivity contribution in [1.29, 1.82) is 0 Å². The minimum atomic E-state index is 0.477. The Morgan fingerprint density at radius 1 is 1.00 bits per heavy atom. The molecular formula is C25H24Cl2N4. The van der Waals surface area contributed by atoms with Gasteiger partial charge in [0.25, 0.3) is 0 Å². The maximum atomic E-state index is 6.28. The Hall–Kier alpha value is -2.53. The van der Waals surface area contributed by atoms with Crippen LogP contribution in [0.1, 0.15) is 35.7 Å². The van der Waals surface area contributed by atoms with Gasteiger partial charge in [-0.15, -0.1) is 0 Å². The second kappa shape index (κ2) is 8.54. The first-order valence-corrected chi connectivity index (χ1v) is 11.3. The van der Waals surface area contributed by atoms with Crippen LogP contribution in [0.25, 0.3) is 28.7 Å². The van der Waals surface area contributed by atoms with Crippen molar-refractivity contribution in [2.75, 3.05) is 13.1 Å². The van der Waals surface area contributed by atoms with Crippen molar-refractivity contribution < 1.29 is 0 Å². The molecule has 1 aliphatic heterocycles. The van der Waals surface area contributed by atoms with Crippen LogP contribution in [0.3, 0.4) is 0 Å². The van der Waals surface area contributed by atoms with Crippen LogP contribution in [-0.2, 0) is 7.05 Å². The monoisotopic (exact) mass is 450 g/mol. The molecule has 4 nitrogen and oxygen atoms in total. The third-order valence-electron chi connectivity index (χ3n) is 5.98. The lowest BCUT2D eigenvalue weighted by molar-refractivity contribution is 0.451. The minimum absolute atomic E-state index is 0.477. The maximum Gasteiger partial charge on any atom is 0.0671 e. The number of fused-ring (bicyclic) bond motifs is 1. The molecule has 158 valence electrons. The molecule has 0 bridgehead atoms. The van der Waals surface area contributed by atoms with Gasteiger partial charge >= 0.3 is 0 Å². The van der Waals surface area contributed by atoms with Crippen molar-refractivity contribution >= 4 is 46.3 Å². The van der Waals surface area contributed by atoms with E-state index in [1.807, 2.05) is 41.1 Å². The van der Waals surface area contributed by atoms with Gasteiger partial charge < -0.3 is 9.88 Å². The molecule has 0 unspecified atom stereocenters. The summed E-state index contributed by atoms with van der Waals surface area (Å²) in [6, 6.07) is 16.1. The Morgan fingerprint density at radius 3 is 2.61 bits per heavy atom. The van der Waals surface area contributed by atoms with Gasteiger partial charge in [-0.05, 0) is 74.5 Å². The first-order chi connectivity index (χ1) is 15.1. The van der Waals surface area contributed by atoms with E-state index in [0.29, 0.717) is 10.9 Å². The van der Waals surface area contributed by atoms with Crippen molar-refractivity contribution in [3.05, 3.63) is 81.7 Å². The van der Waals surface area contributed by atoms with E-state index >= 15 is 0 Å². The van der Waals surface area contributed by atoms with Crippen molar-refractivity contribution in [3.8, 4) is 5.69 Å². The Balaban J connectivity index is 1.57. The fourth-order valence-electron chi connectivity index (χ4n) is 4.37. The predicted octanol–water partition coefficient (Wildman–Crippen LogP) is 6.31. The van der Waals surface area contributed by atoms with Crippen LogP contribution in [0.4, 0.5) is 0 Å². The highest BCUT2D eigenvalue weighted by Gasteiger charge is 2.20. The van der Waals surface area contributed by atoms with Crippen molar-refractivity contribution in [3.63, 3.8) is 0 Å². The van der Waals surface area contributed by atoms with Gasteiger partial charge in [-0.1, -0.05) is 35.3 Å². The third-order valence-corrected chi connectivity index (χ3v) is 6.45. The lowest BCUT2D eigenvalue weighted by Crippen LogP contribution is -2.26. The lowest BCUT2D eigenvalue weighted by Gasteiger charge is -2.20. The molecule has 0 amide bonds. The van der Waals surface area contributed by atoms with Gasteiger partial charge in [-0.2, -0.15) is 5.10 Å². The molecule has 3 heterocycles. The van der Waals surface area contributed by atoms with Gasteiger partial charge in [0.15, 0.2) is 0 Å². The average Bonchev–Trinajstić information content (AvgIpc) is 3.34. The van der Waals surface area contributed by atoms with Crippen LogP contribution in [-0.4, -0.2) is 27.4 Å². The number of nitrogens with one attached hydrogen (secondary N) is 1. The highest BCUT2D eigenvalue weighted by molar-refractivity contribution is 6.31. The quantitative estimate of drug-likeness (QED) is 0.395. The topological polar surface area (TPSA) is 34.8 Å². The number of benzene rings is 2. The van der Waals surface area contributed by atoms with Crippen LogP contribution in [0, 0.1) is 0 Å². The molecule has 1 fully saturated rings. The van der Waals surface area contributed by atoms with E-state index in [2.05, 4.69) is 47.4 Å². The molecule has 0 aliphatic carbocycles. The number of hydrogen-bond donors (Lipinski definition) is 1. The number of aromatic nitrogens is 3. The summed E-state index contributed by atoms with van der Waals surface area (Å²) >= 11 is 12.5. The number of nitrogens with zero attached hydrogens (tertiary/aromatic N) is 3.